The third-order valence-corrected chi connectivity index (χ3v) is 6.57. The number of benzene rings is 1. The Bertz CT molecular complexity index is 1050. The molecule has 3 heterocycles. The first-order valence-electron chi connectivity index (χ1n) is 10.9. The van der Waals surface area contributed by atoms with Gasteiger partial charge in [-0.25, -0.2) is 9.97 Å². The number of hydrogen-bond donors (Lipinski definition) is 1. The maximum atomic E-state index is 13.0. The third kappa shape index (κ3) is 4.95. The molecule has 1 amide bonds. The fraction of sp³-hybridized carbons (Fsp3) is 0.458. The van der Waals surface area contributed by atoms with Crippen molar-refractivity contribution in [2.75, 3.05) is 19.7 Å². The SMILES string of the molecule is CC(C)NC(=O)c1sc2ccccc2c1[C@@H]1CN(Cc2cnc(C(C)C)nc2)CCO1. The lowest BCUT2D eigenvalue weighted by molar-refractivity contribution is -0.0323. The van der Waals surface area contributed by atoms with Crippen molar-refractivity contribution in [3.63, 3.8) is 0 Å². The van der Waals surface area contributed by atoms with Gasteiger partial charge in [0.05, 0.1) is 17.6 Å². The van der Waals surface area contributed by atoms with E-state index in [2.05, 4.69) is 46.2 Å². The van der Waals surface area contributed by atoms with Crippen molar-refractivity contribution in [1.29, 1.82) is 0 Å². The molecule has 1 atom stereocenters. The van der Waals surface area contributed by atoms with Gasteiger partial charge in [0.1, 0.15) is 5.82 Å². The van der Waals surface area contributed by atoms with Gasteiger partial charge in [-0.3, -0.25) is 9.69 Å². The van der Waals surface area contributed by atoms with Crippen molar-refractivity contribution < 1.29 is 9.53 Å². The van der Waals surface area contributed by atoms with E-state index >= 15 is 0 Å². The average Bonchev–Trinajstić information content (AvgIpc) is 3.14. The molecule has 0 unspecified atom stereocenters. The van der Waals surface area contributed by atoms with Crippen LogP contribution in [0.1, 0.15) is 66.3 Å². The summed E-state index contributed by atoms with van der Waals surface area (Å²) >= 11 is 1.55. The van der Waals surface area contributed by atoms with E-state index in [4.69, 9.17) is 4.74 Å². The number of thiophene rings is 1. The Morgan fingerprint density at radius 3 is 2.68 bits per heavy atom. The zero-order valence-electron chi connectivity index (χ0n) is 18.6. The first-order valence-corrected chi connectivity index (χ1v) is 11.7. The fourth-order valence-electron chi connectivity index (χ4n) is 3.90. The quantitative estimate of drug-likeness (QED) is 0.613. The number of nitrogens with one attached hydrogen (secondary N) is 1. The van der Waals surface area contributed by atoms with Crippen molar-refractivity contribution >= 4 is 27.3 Å². The van der Waals surface area contributed by atoms with Crippen LogP contribution < -0.4 is 5.32 Å². The number of ether oxygens (including phenoxy) is 1. The van der Waals surface area contributed by atoms with Gasteiger partial charge in [0.15, 0.2) is 0 Å². The number of carbonyl (C=O) groups is 1. The van der Waals surface area contributed by atoms with Gasteiger partial charge < -0.3 is 10.1 Å². The van der Waals surface area contributed by atoms with E-state index in [9.17, 15) is 4.79 Å². The van der Waals surface area contributed by atoms with Crippen molar-refractivity contribution in [2.24, 2.45) is 0 Å². The molecule has 1 N–H and O–H groups in total. The Labute approximate surface area is 187 Å². The Morgan fingerprint density at radius 2 is 1.97 bits per heavy atom. The third-order valence-electron chi connectivity index (χ3n) is 5.38. The van der Waals surface area contributed by atoms with Crippen LogP contribution in [0.5, 0.6) is 0 Å². The first kappa shape index (κ1) is 21.9. The van der Waals surface area contributed by atoms with Gasteiger partial charge in [-0.15, -0.1) is 11.3 Å². The fourth-order valence-corrected chi connectivity index (χ4v) is 5.06. The van der Waals surface area contributed by atoms with Crippen LogP contribution in [-0.2, 0) is 11.3 Å². The van der Waals surface area contributed by atoms with Gasteiger partial charge >= 0.3 is 0 Å². The molecule has 0 radical (unpaired) electrons. The van der Waals surface area contributed by atoms with E-state index in [1.165, 1.54) is 0 Å². The molecule has 0 saturated carbocycles. The number of aromatic nitrogens is 2. The molecule has 7 heteroatoms. The number of fused-ring (bicyclic) bond motifs is 1. The summed E-state index contributed by atoms with van der Waals surface area (Å²) in [5.41, 5.74) is 2.10. The summed E-state index contributed by atoms with van der Waals surface area (Å²) in [5, 5.41) is 4.16. The highest BCUT2D eigenvalue weighted by molar-refractivity contribution is 7.21. The van der Waals surface area contributed by atoms with Gasteiger partial charge in [-0.1, -0.05) is 32.0 Å². The molecule has 6 nitrogen and oxygen atoms in total. The Balaban J connectivity index is 1.58. The summed E-state index contributed by atoms with van der Waals surface area (Å²) in [6, 6.07) is 8.29. The molecule has 0 spiro atoms. The molecule has 0 aliphatic carbocycles. The summed E-state index contributed by atoms with van der Waals surface area (Å²) in [7, 11) is 0. The zero-order chi connectivity index (χ0) is 22.0. The monoisotopic (exact) mass is 438 g/mol. The summed E-state index contributed by atoms with van der Waals surface area (Å²) in [4.78, 5) is 25.1. The maximum absolute atomic E-state index is 13.0. The van der Waals surface area contributed by atoms with Gasteiger partial charge in [0.2, 0.25) is 0 Å². The Kier molecular flexibility index (Phi) is 6.65. The minimum atomic E-state index is -0.145. The molecule has 1 fully saturated rings. The predicted molar refractivity (Wildman–Crippen MR) is 125 cm³/mol. The van der Waals surface area contributed by atoms with Crippen LogP contribution in [0.15, 0.2) is 36.7 Å². The van der Waals surface area contributed by atoms with Crippen LogP contribution in [0, 0.1) is 0 Å². The second-order valence-electron chi connectivity index (χ2n) is 8.67. The predicted octanol–water partition coefficient (Wildman–Crippen LogP) is 4.53. The minimum Gasteiger partial charge on any atom is -0.371 e. The van der Waals surface area contributed by atoms with E-state index in [-0.39, 0.29) is 18.1 Å². The van der Waals surface area contributed by atoms with Crippen molar-refractivity contribution in [3.8, 4) is 0 Å². The van der Waals surface area contributed by atoms with Gasteiger partial charge in [0, 0.05) is 59.8 Å². The molecule has 1 saturated heterocycles. The first-order chi connectivity index (χ1) is 14.9. The Morgan fingerprint density at radius 1 is 1.23 bits per heavy atom. The molecule has 4 rings (SSSR count). The number of hydrogen-bond acceptors (Lipinski definition) is 6. The summed E-state index contributed by atoms with van der Waals surface area (Å²) in [6.45, 7) is 11.1. The second-order valence-corrected chi connectivity index (χ2v) is 9.72. The smallest absolute Gasteiger partial charge is 0.261 e. The number of nitrogens with zero attached hydrogens (tertiary/aromatic N) is 3. The molecule has 31 heavy (non-hydrogen) atoms. The second kappa shape index (κ2) is 9.42. The van der Waals surface area contributed by atoms with Crippen molar-refractivity contribution in [3.05, 3.63) is 58.5 Å². The molecule has 1 aliphatic rings. The van der Waals surface area contributed by atoms with Crippen molar-refractivity contribution in [1.82, 2.24) is 20.2 Å². The average molecular weight is 439 g/mol. The maximum Gasteiger partial charge on any atom is 0.261 e. The number of carbonyl (C=O) groups excluding carboxylic acids is 1. The molecule has 1 aliphatic heterocycles. The molecule has 0 bridgehead atoms. The lowest BCUT2D eigenvalue weighted by atomic mass is 10.0. The van der Waals surface area contributed by atoms with E-state index in [0.717, 1.165) is 51.5 Å². The lowest BCUT2D eigenvalue weighted by Gasteiger charge is -2.33. The number of morpholine rings is 1. The van der Waals surface area contributed by atoms with Gasteiger partial charge in [-0.05, 0) is 25.3 Å². The Hall–Kier alpha value is -2.35. The van der Waals surface area contributed by atoms with Gasteiger partial charge in [-0.2, -0.15) is 0 Å². The largest absolute Gasteiger partial charge is 0.371 e. The summed E-state index contributed by atoms with van der Waals surface area (Å²) in [6.07, 6.45) is 3.71. The molecule has 1 aromatic carbocycles. The molecular formula is C24H30N4O2S. The van der Waals surface area contributed by atoms with Crippen molar-refractivity contribution in [2.45, 2.75) is 52.3 Å². The van der Waals surface area contributed by atoms with Crippen LogP contribution >= 0.6 is 11.3 Å². The highest BCUT2D eigenvalue weighted by Crippen LogP contribution is 2.38. The molecule has 164 valence electrons. The highest BCUT2D eigenvalue weighted by Gasteiger charge is 2.30. The summed E-state index contributed by atoms with van der Waals surface area (Å²) in [5.74, 6) is 1.17. The molecular weight excluding hydrogens is 408 g/mol. The van der Waals surface area contributed by atoms with Crippen LogP contribution in [-0.4, -0.2) is 46.5 Å². The lowest BCUT2D eigenvalue weighted by Crippen LogP contribution is -2.38. The van der Waals surface area contributed by atoms with Gasteiger partial charge in [0.25, 0.3) is 5.91 Å². The number of amides is 1. The van der Waals surface area contributed by atoms with Crippen LogP contribution in [0.2, 0.25) is 0 Å². The highest BCUT2D eigenvalue weighted by atomic mass is 32.1. The zero-order valence-corrected chi connectivity index (χ0v) is 19.4. The molecule has 2 aromatic heterocycles. The van der Waals surface area contributed by atoms with Crippen LogP contribution in [0.4, 0.5) is 0 Å². The minimum absolute atomic E-state index is 0.0235. The van der Waals surface area contributed by atoms with E-state index in [1.54, 1.807) is 11.3 Å². The standard InChI is InChI=1S/C24H30N4O2S/c1-15(2)23-25-11-17(12-26-23)13-28-9-10-30-19(14-28)21-18-7-5-6-8-20(18)31-22(21)24(29)27-16(3)4/h5-8,11-12,15-16,19H,9-10,13-14H2,1-4H3,(H,27,29)/t19-/m0/s1. The van der Waals surface area contributed by atoms with E-state index < -0.39 is 0 Å². The van der Waals surface area contributed by atoms with Crippen LogP contribution in [0.3, 0.4) is 0 Å². The van der Waals surface area contributed by atoms with E-state index in [0.29, 0.717) is 12.5 Å². The normalized spacial score (nSPS) is 17.5. The topological polar surface area (TPSA) is 67.4 Å². The van der Waals surface area contributed by atoms with Crippen LogP contribution in [0.25, 0.3) is 10.1 Å². The van der Waals surface area contributed by atoms with E-state index in [1.807, 2.05) is 38.4 Å². The number of rotatable bonds is 6. The summed E-state index contributed by atoms with van der Waals surface area (Å²) < 4.78 is 7.31. The molecule has 3 aromatic rings.